The van der Waals surface area contributed by atoms with Crippen molar-refractivity contribution in [1.29, 1.82) is 0 Å². The zero-order valence-electron chi connectivity index (χ0n) is 8.26. The van der Waals surface area contributed by atoms with E-state index in [1.165, 1.54) is 12.0 Å². The molecule has 1 rings (SSSR count). The first-order chi connectivity index (χ1) is 5.63. The van der Waals surface area contributed by atoms with Crippen LogP contribution in [0.3, 0.4) is 0 Å². The highest BCUT2D eigenvalue weighted by atomic mass is 16.1. The molecule has 1 heteroatoms. The van der Waals surface area contributed by atoms with Gasteiger partial charge in [0, 0.05) is 11.8 Å². The van der Waals surface area contributed by atoms with Crippen LogP contribution in [0.4, 0.5) is 0 Å². The largest absolute Gasteiger partial charge is 0.299 e. The van der Waals surface area contributed by atoms with Crippen LogP contribution in [0.2, 0.25) is 0 Å². The summed E-state index contributed by atoms with van der Waals surface area (Å²) in [6.45, 7) is 6.07. The Kier molecular flexibility index (Phi) is 3.07. The molecule has 1 aliphatic rings. The van der Waals surface area contributed by atoms with Gasteiger partial charge in [0.2, 0.25) is 0 Å². The van der Waals surface area contributed by atoms with Crippen molar-refractivity contribution in [2.75, 3.05) is 0 Å². The molecule has 1 aliphatic carbocycles. The summed E-state index contributed by atoms with van der Waals surface area (Å²) in [5.74, 6) is 0.846. The van der Waals surface area contributed by atoms with E-state index in [0.29, 0.717) is 5.78 Å². The molecule has 1 nitrogen and oxygen atoms in total. The van der Waals surface area contributed by atoms with Crippen LogP contribution in [0.1, 0.15) is 40.0 Å². The Morgan fingerprint density at radius 1 is 1.58 bits per heavy atom. The van der Waals surface area contributed by atoms with Gasteiger partial charge in [0.25, 0.3) is 0 Å². The number of Topliss-reactive ketones (excluding diaryl/α,β-unsaturated/α-hetero) is 1. The van der Waals surface area contributed by atoms with E-state index in [4.69, 9.17) is 0 Å². The lowest BCUT2D eigenvalue weighted by molar-refractivity contribution is -0.125. The molecule has 0 saturated heterocycles. The second-order valence-corrected chi connectivity index (χ2v) is 3.99. The van der Waals surface area contributed by atoms with E-state index in [2.05, 4.69) is 13.0 Å². The quantitative estimate of drug-likeness (QED) is 0.576. The number of rotatable bonds is 2. The molecule has 0 saturated carbocycles. The van der Waals surface area contributed by atoms with Gasteiger partial charge in [-0.2, -0.15) is 0 Å². The minimum Gasteiger partial charge on any atom is -0.299 e. The lowest BCUT2D eigenvalue weighted by atomic mass is 9.82. The first kappa shape index (κ1) is 9.50. The fourth-order valence-electron chi connectivity index (χ4n) is 1.79. The van der Waals surface area contributed by atoms with Crippen LogP contribution in [-0.4, -0.2) is 5.78 Å². The molecule has 0 aliphatic heterocycles. The zero-order valence-corrected chi connectivity index (χ0v) is 8.26. The average molecular weight is 166 g/mol. The van der Waals surface area contributed by atoms with Gasteiger partial charge in [0.05, 0.1) is 0 Å². The molecule has 0 fully saturated rings. The highest BCUT2D eigenvalue weighted by Gasteiger charge is 2.23. The first-order valence-corrected chi connectivity index (χ1v) is 4.83. The first-order valence-electron chi connectivity index (χ1n) is 4.83. The standard InChI is InChI=1S/C11H18O/c1-8(2)11(12)10-7-5-4-6-9(10)3/h6,8,10H,4-5,7H2,1-3H3. The topological polar surface area (TPSA) is 17.1 Å². The molecule has 0 heterocycles. The van der Waals surface area contributed by atoms with Crippen LogP contribution in [0.5, 0.6) is 0 Å². The molecule has 1 unspecified atom stereocenters. The minimum atomic E-state index is 0.191. The van der Waals surface area contributed by atoms with Gasteiger partial charge in [0.15, 0.2) is 0 Å². The van der Waals surface area contributed by atoms with Crippen molar-refractivity contribution in [3.63, 3.8) is 0 Å². The number of carbonyl (C=O) groups excluding carboxylic acids is 1. The van der Waals surface area contributed by atoms with Gasteiger partial charge in [-0.05, 0) is 26.2 Å². The highest BCUT2D eigenvalue weighted by Crippen LogP contribution is 2.27. The summed E-state index contributed by atoms with van der Waals surface area (Å²) in [6.07, 6.45) is 5.63. The Bertz CT molecular complexity index is 201. The summed E-state index contributed by atoms with van der Waals surface area (Å²) in [5, 5.41) is 0. The summed E-state index contributed by atoms with van der Waals surface area (Å²) in [4.78, 5) is 11.7. The molecule has 0 bridgehead atoms. The third kappa shape index (κ3) is 1.96. The van der Waals surface area contributed by atoms with Gasteiger partial charge in [-0.3, -0.25) is 4.79 Å². The molecule has 68 valence electrons. The molecule has 0 aromatic carbocycles. The number of hydrogen-bond donors (Lipinski definition) is 0. The number of carbonyl (C=O) groups is 1. The second-order valence-electron chi connectivity index (χ2n) is 3.99. The fraction of sp³-hybridized carbons (Fsp3) is 0.727. The maximum absolute atomic E-state index is 11.7. The predicted octanol–water partition coefficient (Wildman–Crippen LogP) is 2.96. The Morgan fingerprint density at radius 3 is 2.75 bits per heavy atom. The molecular weight excluding hydrogens is 148 g/mol. The minimum absolute atomic E-state index is 0.191. The summed E-state index contributed by atoms with van der Waals surface area (Å²) >= 11 is 0. The molecule has 0 aromatic rings. The van der Waals surface area contributed by atoms with Crippen molar-refractivity contribution in [1.82, 2.24) is 0 Å². The van der Waals surface area contributed by atoms with Crippen LogP contribution in [0.25, 0.3) is 0 Å². The molecule has 0 amide bonds. The monoisotopic (exact) mass is 166 g/mol. The summed E-state index contributed by atoms with van der Waals surface area (Å²) in [6, 6.07) is 0. The third-order valence-electron chi connectivity index (χ3n) is 2.63. The second kappa shape index (κ2) is 3.88. The Hall–Kier alpha value is -0.590. The van der Waals surface area contributed by atoms with Gasteiger partial charge < -0.3 is 0 Å². The van der Waals surface area contributed by atoms with E-state index in [9.17, 15) is 4.79 Å². The van der Waals surface area contributed by atoms with E-state index in [0.717, 1.165) is 12.8 Å². The molecule has 0 spiro atoms. The molecule has 1 atom stereocenters. The lowest BCUT2D eigenvalue weighted by Gasteiger charge is -2.22. The van der Waals surface area contributed by atoms with Crippen LogP contribution < -0.4 is 0 Å². The lowest BCUT2D eigenvalue weighted by Crippen LogP contribution is -2.22. The Morgan fingerprint density at radius 2 is 2.25 bits per heavy atom. The average Bonchev–Trinajstić information content (AvgIpc) is 2.04. The molecular formula is C11H18O. The van der Waals surface area contributed by atoms with Crippen molar-refractivity contribution >= 4 is 5.78 Å². The van der Waals surface area contributed by atoms with Crippen LogP contribution in [0.15, 0.2) is 11.6 Å². The SMILES string of the molecule is CC1=CCCCC1C(=O)C(C)C. The van der Waals surface area contributed by atoms with Gasteiger partial charge >= 0.3 is 0 Å². The summed E-state index contributed by atoms with van der Waals surface area (Å²) in [5.41, 5.74) is 1.29. The molecule has 0 aromatic heterocycles. The summed E-state index contributed by atoms with van der Waals surface area (Å²) in [7, 11) is 0. The van der Waals surface area contributed by atoms with Crippen molar-refractivity contribution in [3.8, 4) is 0 Å². The molecule has 12 heavy (non-hydrogen) atoms. The maximum atomic E-state index is 11.7. The van der Waals surface area contributed by atoms with Crippen LogP contribution in [-0.2, 0) is 4.79 Å². The zero-order chi connectivity index (χ0) is 9.14. The van der Waals surface area contributed by atoms with Gasteiger partial charge in [-0.25, -0.2) is 0 Å². The van der Waals surface area contributed by atoms with Gasteiger partial charge in [-0.1, -0.05) is 25.5 Å². The van der Waals surface area contributed by atoms with E-state index in [1.54, 1.807) is 0 Å². The molecule has 0 radical (unpaired) electrons. The number of ketones is 1. The van der Waals surface area contributed by atoms with Crippen molar-refractivity contribution in [2.45, 2.75) is 40.0 Å². The summed E-state index contributed by atoms with van der Waals surface area (Å²) < 4.78 is 0. The number of allylic oxidation sites excluding steroid dienone is 2. The van der Waals surface area contributed by atoms with E-state index in [-0.39, 0.29) is 11.8 Å². The van der Waals surface area contributed by atoms with E-state index in [1.807, 2.05) is 13.8 Å². The van der Waals surface area contributed by atoms with Gasteiger partial charge in [0.1, 0.15) is 5.78 Å². The van der Waals surface area contributed by atoms with Crippen LogP contribution in [0, 0.1) is 11.8 Å². The third-order valence-corrected chi connectivity index (χ3v) is 2.63. The maximum Gasteiger partial charge on any atom is 0.142 e. The smallest absolute Gasteiger partial charge is 0.142 e. The van der Waals surface area contributed by atoms with E-state index < -0.39 is 0 Å². The number of hydrogen-bond acceptors (Lipinski definition) is 1. The van der Waals surface area contributed by atoms with E-state index >= 15 is 0 Å². The van der Waals surface area contributed by atoms with Crippen LogP contribution >= 0.6 is 0 Å². The fourth-order valence-corrected chi connectivity index (χ4v) is 1.79. The Labute approximate surface area is 74.9 Å². The predicted molar refractivity (Wildman–Crippen MR) is 50.9 cm³/mol. The normalized spacial score (nSPS) is 24.0. The van der Waals surface area contributed by atoms with Gasteiger partial charge in [-0.15, -0.1) is 0 Å². The van der Waals surface area contributed by atoms with Crippen molar-refractivity contribution < 1.29 is 4.79 Å². The van der Waals surface area contributed by atoms with Crippen molar-refractivity contribution in [3.05, 3.63) is 11.6 Å². The Balaban J connectivity index is 2.67. The highest BCUT2D eigenvalue weighted by molar-refractivity contribution is 5.85. The molecule has 0 N–H and O–H groups in total. The van der Waals surface area contributed by atoms with Crippen molar-refractivity contribution in [2.24, 2.45) is 11.8 Å².